The normalized spacial score (nSPS) is 16.1. The van der Waals surface area contributed by atoms with Gasteiger partial charge in [-0.25, -0.2) is 0 Å². The van der Waals surface area contributed by atoms with Crippen molar-refractivity contribution in [3.63, 3.8) is 0 Å². The lowest BCUT2D eigenvalue weighted by Gasteiger charge is -2.24. The second-order valence-corrected chi connectivity index (χ2v) is 9.51. The molecular formula is C17H36O2Si. The minimum atomic E-state index is -2.11. The Labute approximate surface area is 128 Å². The molecule has 0 N–H and O–H groups in total. The van der Waals surface area contributed by atoms with Crippen LogP contribution in [0.4, 0.5) is 0 Å². The Morgan fingerprint density at radius 3 is 2.20 bits per heavy atom. The zero-order valence-electron chi connectivity index (χ0n) is 14.4. The Balaban J connectivity index is 3.79. The summed E-state index contributed by atoms with van der Waals surface area (Å²) in [5.41, 5.74) is 1.91. The lowest BCUT2D eigenvalue weighted by atomic mass is 9.98. The zero-order valence-corrected chi connectivity index (χ0v) is 15.4. The SMILES string of the molecule is C=C[Si](C)(OCCCC)OCCC(C)CCCC(C)C. The molecule has 0 bridgehead atoms. The fraction of sp³-hybridized carbons (Fsp3) is 0.882. The van der Waals surface area contributed by atoms with E-state index < -0.39 is 8.56 Å². The van der Waals surface area contributed by atoms with Crippen molar-refractivity contribution in [1.29, 1.82) is 0 Å². The van der Waals surface area contributed by atoms with E-state index in [0.29, 0.717) is 0 Å². The van der Waals surface area contributed by atoms with Crippen LogP contribution < -0.4 is 0 Å². The lowest BCUT2D eigenvalue weighted by molar-refractivity contribution is 0.171. The Kier molecular flexibility index (Phi) is 11.5. The lowest BCUT2D eigenvalue weighted by Crippen LogP contribution is -2.37. The molecule has 0 aliphatic heterocycles. The molecule has 2 atom stereocenters. The van der Waals surface area contributed by atoms with Crippen LogP contribution in [0, 0.1) is 11.8 Å². The largest absolute Gasteiger partial charge is 0.391 e. The van der Waals surface area contributed by atoms with Crippen molar-refractivity contribution >= 4 is 8.56 Å². The van der Waals surface area contributed by atoms with Crippen LogP contribution in [0.5, 0.6) is 0 Å². The molecule has 20 heavy (non-hydrogen) atoms. The van der Waals surface area contributed by atoms with E-state index in [-0.39, 0.29) is 0 Å². The van der Waals surface area contributed by atoms with E-state index in [1.807, 2.05) is 5.70 Å². The second-order valence-electron chi connectivity index (χ2n) is 6.49. The molecule has 0 amide bonds. The molecule has 0 spiro atoms. The van der Waals surface area contributed by atoms with E-state index in [1.54, 1.807) is 0 Å². The molecule has 120 valence electrons. The van der Waals surface area contributed by atoms with Crippen LogP contribution >= 0.6 is 0 Å². The summed E-state index contributed by atoms with van der Waals surface area (Å²) in [4.78, 5) is 0. The summed E-state index contributed by atoms with van der Waals surface area (Å²) in [6.45, 7) is 16.7. The Morgan fingerprint density at radius 1 is 1.00 bits per heavy atom. The van der Waals surface area contributed by atoms with E-state index in [2.05, 4.69) is 40.8 Å². The first kappa shape index (κ1) is 19.9. The quantitative estimate of drug-likeness (QED) is 0.332. The van der Waals surface area contributed by atoms with Gasteiger partial charge >= 0.3 is 8.56 Å². The van der Waals surface area contributed by atoms with Gasteiger partial charge in [-0.2, -0.15) is 0 Å². The van der Waals surface area contributed by atoms with Gasteiger partial charge in [0.05, 0.1) is 0 Å². The molecule has 0 heterocycles. The molecular weight excluding hydrogens is 264 g/mol. The summed E-state index contributed by atoms with van der Waals surface area (Å²) in [5, 5.41) is 0. The average Bonchev–Trinajstić information content (AvgIpc) is 2.38. The smallest absolute Gasteiger partial charge is 0.361 e. The number of hydrogen-bond donors (Lipinski definition) is 0. The van der Waals surface area contributed by atoms with Gasteiger partial charge in [-0.15, -0.1) is 6.58 Å². The van der Waals surface area contributed by atoms with Crippen molar-refractivity contribution in [1.82, 2.24) is 0 Å². The summed E-state index contributed by atoms with van der Waals surface area (Å²) in [6, 6.07) is 0. The van der Waals surface area contributed by atoms with E-state index >= 15 is 0 Å². The van der Waals surface area contributed by atoms with Crippen LogP contribution in [0.2, 0.25) is 6.55 Å². The molecule has 0 aliphatic rings. The minimum Gasteiger partial charge on any atom is -0.391 e. The highest BCUT2D eigenvalue weighted by Crippen LogP contribution is 2.17. The van der Waals surface area contributed by atoms with Crippen LogP contribution in [0.15, 0.2) is 12.3 Å². The molecule has 0 radical (unpaired) electrons. The van der Waals surface area contributed by atoms with E-state index in [0.717, 1.165) is 44.3 Å². The Morgan fingerprint density at radius 2 is 1.65 bits per heavy atom. The van der Waals surface area contributed by atoms with Gasteiger partial charge in [0.1, 0.15) is 0 Å². The van der Waals surface area contributed by atoms with Crippen molar-refractivity contribution < 1.29 is 8.85 Å². The highest BCUT2D eigenvalue weighted by Gasteiger charge is 2.27. The molecule has 2 nitrogen and oxygen atoms in total. The summed E-state index contributed by atoms with van der Waals surface area (Å²) < 4.78 is 11.9. The molecule has 3 heteroatoms. The second kappa shape index (κ2) is 11.5. The van der Waals surface area contributed by atoms with E-state index in [9.17, 15) is 0 Å². The van der Waals surface area contributed by atoms with Crippen LogP contribution in [0.25, 0.3) is 0 Å². The monoisotopic (exact) mass is 300 g/mol. The molecule has 0 aromatic carbocycles. The Bertz CT molecular complexity index is 243. The maximum absolute atomic E-state index is 6.02. The fourth-order valence-electron chi connectivity index (χ4n) is 2.06. The van der Waals surface area contributed by atoms with Crippen molar-refractivity contribution in [2.75, 3.05) is 13.2 Å². The van der Waals surface area contributed by atoms with E-state index in [4.69, 9.17) is 8.85 Å². The van der Waals surface area contributed by atoms with Crippen molar-refractivity contribution in [3.8, 4) is 0 Å². The van der Waals surface area contributed by atoms with Gasteiger partial charge in [-0.1, -0.05) is 53.4 Å². The van der Waals surface area contributed by atoms with Gasteiger partial charge in [0.2, 0.25) is 0 Å². The van der Waals surface area contributed by atoms with Crippen molar-refractivity contribution in [2.45, 2.75) is 72.8 Å². The maximum atomic E-state index is 6.02. The molecule has 0 aliphatic carbocycles. The first-order valence-corrected chi connectivity index (χ1v) is 10.7. The third-order valence-corrected chi connectivity index (χ3v) is 6.03. The Hall–Kier alpha value is -0.123. The zero-order chi connectivity index (χ0) is 15.4. The van der Waals surface area contributed by atoms with Crippen LogP contribution in [0.3, 0.4) is 0 Å². The van der Waals surface area contributed by atoms with Gasteiger partial charge < -0.3 is 8.85 Å². The number of hydrogen-bond acceptors (Lipinski definition) is 2. The molecule has 0 fully saturated rings. The first-order chi connectivity index (χ1) is 9.43. The molecule has 0 aromatic heterocycles. The van der Waals surface area contributed by atoms with Gasteiger partial charge in [0.25, 0.3) is 0 Å². The summed E-state index contributed by atoms with van der Waals surface area (Å²) >= 11 is 0. The number of rotatable bonds is 13. The summed E-state index contributed by atoms with van der Waals surface area (Å²) in [7, 11) is -2.11. The minimum absolute atomic E-state index is 0.743. The fourth-order valence-corrected chi connectivity index (χ4v) is 3.45. The average molecular weight is 301 g/mol. The third kappa shape index (κ3) is 10.6. The third-order valence-electron chi connectivity index (χ3n) is 3.74. The molecule has 0 saturated heterocycles. The topological polar surface area (TPSA) is 18.5 Å². The molecule has 0 saturated carbocycles. The van der Waals surface area contributed by atoms with Crippen LogP contribution in [-0.2, 0) is 8.85 Å². The first-order valence-electron chi connectivity index (χ1n) is 8.35. The summed E-state index contributed by atoms with van der Waals surface area (Å²) in [6.07, 6.45) is 7.38. The summed E-state index contributed by atoms with van der Waals surface area (Å²) in [5.74, 6) is 1.56. The van der Waals surface area contributed by atoms with Crippen LogP contribution in [0.1, 0.15) is 66.2 Å². The predicted molar refractivity (Wildman–Crippen MR) is 91.1 cm³/mol. The van der Waals surface area contributed by atoms with Gasteiger partial charge in [0, 0.05) is 13.2 Å². The highest BCUT2D eigenvalue weighted by atomic mass is 28.4. The van der Waals surface area contributed by atoms with Gasteiger partial charge in [0.15, 0.2) is 0 Å². The van der Waals surface area contributed by atoms with Crippen LogP contribution in [-0.4, -0.2) is 21.8 Å². The van der Waals surface area contributed by atoms with E-state index in [1.165, 1.54) is 19.3 Å². The van der Waals surface area contributed by atoms with Crippen molar-refractivity contribution in [2.24, 2.45) is 11.8 Å². The highest BCUT2D eigenvalue weighted by molar-refractivity contribution is 6.71. The standard InChI is InChI=1S/C17H36O2Si/c1-7-9-14-18-20(6,8-2)19-15-13-17(5)12-10-11-16(3)4/h8,16-17H,2,7,9-15H2,1,3-6H3. The number of unbranched alkanes of at least 4 members (excludes halogenated alkanes) is 1. The van der Waals surface area contributed by atoms with Gasteiger partial charge in [-0.05, 0) is 36.9 Å². The molecule has 0 aromatic rings. The molecule has 0 rings (SSSR count). The maximum Gasteiger partial charge on any atom is 0.361 e. The predicted octanol–water partition coefficient (Wildman–Crippen LogP) is 5.47. The van der Waals surface area contributed by atoms with Gasteiger partial charge in [-0.3, -0.25) is 0 Å². The molecule has 2 unspecified atom stereocenters. The van der Waals surface area contributed by atoms with Crippen molar-refractivity contribution in [3.05, 3.63) is 12.3 Å².